The summed E-state index contributed by atoms with van der Waals surface area (Å²) < 4.78 is 0. The Morgan fingerprint density at radius 2 is 2.19 bits per heavy atom. The number of hydrogen-bond acceptors (Lipinski definition) is 2. The first-order valence-corrected chi connectivity index (χ1v) is 5.88. The molecule has 16 heavy (non-hydrogen) atoms. The summed E-state index contributed by atoms with van der Waals surface area (Å²) in [4.78, 5) is 2.09. The highest BCUT2D eigenvalue weighted by molar-refractivity contribution is 6.17. The summed E-state index contributed by atoms with van der Waals surface area (Å²) in [5, 5.41) is 8.80. The van der Waals surface area contributed by atoms with Gasteiger partial charge >= 0.3 is 0 Å². The molecule has 1 aromatic rings. The predicted molar refractivity (Wildman–Crippen MR) is 68.8 cm³/mol. The van der Waals surface area contributed by atoms with Gasteiger partial charge in [-0.1, -0.05) is 17.7 Å². The van der Waals surface area contributed by atoms with Crippen molar-refractivity contribution in [3.63, 3.8) is 0 Å². The summed E-state index contributed by atoms with van der Waals surface area (Å²) in [5.41, 5.74) is 3.44. The maximum Gasteiger partial charge on any atom is 0.0671 e. The Morgan fingerprint density at radius 3 is 2.75 bits per heavy atom. The molecule has 1 atom stereocenters. The van der Waals surface area contributed by atoms with E-state index in [9.17, 15) is 0 Å². The van der Waals surface area contributed by atoms with Crippen molar-refractivity contribution >= 4 is 17.3 Å². The van der Waals surface area contributed by atoms with Crippen molar-refractivity contribution in [3.8, 4) is 6.07 Å². The fourth-order valence-electron chi connectivity index (χ4n) is 1.74. The molecule has 0 radical (unpaired) electrons. The van der Waals surface area contributed by atoms with Crippen LogP contribution < -0.4 is 4.90 Å². The molecular formula is C13H17ClN2. The van der Waals surface area contributed by atoms with E-state index in [2.05, 4.69) is 36.1 Å². The van der Waals surface area contributed by atoms with Crippen molar-refractivity contribution in [2.75, 3.05) is 18.5 Å². The molecule has 0 aliphatic carbocycles. The maximum absolute atomic E-state index is 8.80. The van der Waals surface area contributed by atoms with Crippen molar-refractivity contribution in [1.82, 2.24) is 0 Å². The van der Waals surface area contributed by atoms with E-state index >= 15 is 0 Å². The van der Waals surface area contributed by atoms with Gasteiger partial charge in [0.25, 0.3) is 0 Å². The number of rotatable bonds is 4. The topological polar surface area (TPSA) is 27.0 Å². The van der Waals surface area contributed by atoms with E-state index in [1.165, 1.54) is 5.56 Å². The minimum absolute atomic E-state index is 0.0227. The smallest absolute Gasteiger partial charge is 0.0671 e. The lowest BCUT2D eigenvalue weighted by molar-refractivity contribution is 0.715. The van der Waals surface area contributed by atoms with Crippen molar-refractivity contribution in [2.45, 2.75) is 19.7 Å². The van der Waals surface area contributed by atoms with Crippen LogP contribution in [0, 0.1) is 24.2 Å². The predicted octanol–water partition coefficient (Wildman–Crippen LogP) is 3.33. The van der Waals surface area contributed by atoms with Crippen molar-refractivity contribution in [1.29, 1.82) is 5.26 Å². The molecule has 3 heteroatoms. The first kappa shape index (κ1) is 12.9. The lowest BCUT2D eigenvalue weighted by atomic mass is 10.1. The molecule has 1 unspecified atom stereocenters. The van der Waals surface area contributed by atoms with E-state index in [4.69, 9.17) is 16.9 Å². The average molecular weight is 237 g/mol. The molecule has 0 saturated heterocycles. The van der Waals surface area contributed by atoms with Crippen LogP contribution in [-0.4, -0.2) is 13.6 Å². The van der Waals surface area contributed by atoms with E-state index < -0.39 is 0 Å². The standard InChI is InChI=1S/C13H17ClN2/c1-10-4-5-13(12(6-10)7-14)16(3)9-11(2)8-15/h4-6,11H,7,9H2,1-3H3. The second kappa shape index (κ2) is 5.77. The van der Waals surface area contributed by atoms with Crippen molar-refractivity contribution in [3.05, 3.63) is 29.3 Å². The number of nitrogens with zero attached hydrogens (tertiary/aromatic N) is 2. The molecule has 0 saturated carbocycles. The number of nitriles is 1. The zero-order valence-corrected chi connectivity index (χ0v) is 10.8. The Kier molecular flexibility index (Phi) is 4.64. The van der Waals surface area contributed by atoms with Crippen LogP contribution in [0.15, 0.2) is 18.2 Å². The molecule has 0 amide bonds. The van der Waals surface area contributed by atoms with Gasteiger partial charge in [-0.3, -0.25) is 0 Å². The molecule has 1 aromatic carbocycles. The summed E-state index contributed by atoms with van der Waals surface area (Å²) in [7, 11) is 1.99. The first-order chi connectivity index (χ1) is 7.58. The zero-order valence-electron chi connectivity index (χ0n) is 10.00. The van der Waals surface area contributed by atoms with Crippen LogP contribution in [0.1, 0.15) is 18.1 Å². The summed E-state index contributed by atoms with van der Waals surface area (Å²) in [6, 6.07) is 8.47. The normalized spacial score (nSPS) is 11.9. The van der Waals surface area contributed by atoms with Crippen molar-refractivity contribution in [2.24, 2.45) is 5.92 Å². The molecular weight excluding hydrogens is 220 g/mol. The van der Waals surface area contributed by atoms with Gasteiger partial charge < -0.3 is 4.90 Å². The summed E-state index contributed by atoms with van der Waals surface area (Å²) in [6.45, 7) is 4.70. The summed E-state index contributed by atoms with van der Waals surface area (Å²) >= 11 is 5.93. The average Bonchev–Trinajstić information content (AvgIpc) is 2.28. The van der Waals surface area contributed by atoms with Crippen LogP contribution >= 0.6 is 11.6 Å². The van der Waals surface area contributed by atoms with E-state index in [1.54, 1.807) is 0 Å². The van der Waals surface area contributed by atoms with Crippen LogP contribution in [0.5, 0.6) is 0 Å². The van der Waals surface area contributed by atoms with Gasteiger partial charge in [-0.05, 0) is 25.5 Å². The molecule has 0 fully saturated rings. The SMILES string of the molecule is Cc1ccc(N(C)CC(C)C#N)c(CCl)c1. The molecule has 0 bridgehead atoms. The number of hydrogen-bond donors (Lipinski definition) is 0. The third kappa shape index (κ3) is 3.15. The van der Waals surface area contributed by atoms with E-state index in [0.717, 1.165) is 17.8 Å². The third-order valence-corrected chi connectivity index (χ3v) is 2.85. The van der Waals surface area contributed by atoms with Crippen LogP contribution in [0.2, 0.25) is 0 Å². The number of benzene rings is 1. The molecule has 0 N–H and O–H groups in total. The molecule has 1 rings (SSSR count). The van der Waals surface area contributed by atoms with Gasteiger partial charge in [-0.15, -0.1) is 11.6 Å². The van der Waals surface area contributed by atoms with Gasteiger partial charge in [0.2, 0.25) is 0 Å². The second-order valence-electron chi connectivity index (χ2n) is 4.18. The highest BCUT2D eigenvalue weighted by atomic mass is 35.5. The third-order valence-electron chi connectivity index (χ3n) is 2.56. The van der Waals surface area contributed by atoms with Gasteiger partial charge in [0, 0.05) is 25.2 Å². The molecule has 0 spiro atoms. The van der Waals surface area contributed by atoms with E-state index in [0.29, 0.717) is 5.88 Å². The van der Waals surface area contributed by atoms with Gasteiger partial charge in [-0.25, -0.2) is 0 Å². The van der Waals surface area contributed by atoms with Gasteiger partial charge in [0.05, 0.1) is 12.0 Å². The molecule has 0 aliphatic rings. The Balaban J connectivity index is 2.91. The quantitative estimate of drug-likeness (QED) is 0.750. The lowest BCUT2D eigenvalue weighted by Gasteiger charge is -2.23. The van der Waals surface area contributed by atoms with Crippen LogP contribution in [-0.2, 0) is 5.88 Å². The number of aryl methyl sites for hydroxylation is 1. The van der Waals surface area contributed by atoms with E-state index in [1.807, 2.05) is 14.0 Å². The molecule has 86 valence electrons. The van der Waals surface area contributed by atoms with Gasteiger partial charge in [0.1, 0.15) is 0 Å². The second-order valence-corrected chi connectivity index (χ2v) is 4.44. The molecule has 0 heterocycles. The minimum atomic E-state index is 0.0227. The molecule has 2 nitrogen and oxygen atoms in total. The Morgan fingerprint density at radius 1 is 1.50 bits per heavy atom. The summed E-state index contributed by atoms with van der Waals surface area (Å²) in [6.07, 6.45) is 0. The molecule has 0 aromatic heterocycles. The minimum Gasteiger partial charge on any atom is -0.373 e. The summed E-state index contributed by atoms with van der Waals surface area (Å²) in [5.74, 6) is 0.525. The largest absolute Gasteiger partial charge is 0.373 e. The van der Waals surface area contributed by atoms with Crippen LogP contribution in [0.4, 0.5) is 5.69 Å². The fourth-order valence-corrected chi connectivity index (χ4v) is 1.96. The Bertz CT molecular complexity index is 395. The van der Waals surface area contributed by atoms with Crippen LogP contribution in [0.25, 0.3) is 0 Å². The number of halogens is 1. The Hall–Kier alpha value is -1.20. The monoisotopic (exact) mass is 236 g/mol. The Labute approximate surface area is 102 Å². The molecule has 0 aliphatic heterocycles. The van der Waals surface area contributed by atoms with Gasteiger partial charge in [0.15, 0.2) is 0 Å². The highest BCUT2D eigenvalue weighted by Gasteiger charge is 2.10. The van der Waals surface area contributed by atoms with Crippen LogP contribution in [0.3, 0.4) is 0 Å². The van der Waals surface area contributed by atoms with Gasteiger partial charge in [-0.2, -0.15) is 5.26 Å². The first-order valence-electron chi connectivity index (χ1n) is 5.34. The lowest BCUT2D eigenvalue weighted by Crippen LogP contribution is -2.24. The zero-order chi connectivity index (χ0) is 12.1. The number of alkyl halides is 1. The van der Waals surface area contributed by atoms with E-state index in [-0.39, 0.29) is 5.92 Å². The highest BCUT2D eigenvalue weighted by Crippen LogP contribution is 2.23. The number of anilines is 1. The van der Waals surface area contributed by atoms with Crippen molar-refractivity contribution < 1.29 is 0 Å². The fraction of sp³-hybridized carbons (Fsp3) is 0.462. The maximum atomic E-state index is 8.80.